The summed E-state index contributed by atoms with van der Waals surface area (Å²) in [4.78, 5) is 28.5. The summed E-state index contributed by atoms with van der Waals surface area (Å²) in [6, 6.07) is 37.9. The molecule has 0 saturated heterocycles. The van der Waals surface area contributed by atoms with E-state index >= 15 is 0 Å². The van der Waals surface area contributed by atoms with Crippen LogP contribution in [0.15, 0.2) is 126 Å². The molecule has 4 aromatic rings. The van der Waals surface area contributed by atoms with Crippen LogP contribution in [0.5, 0.6) is 0 Å². The first kappa shape index (κ1) is 20.8. The highest BCUT2D eigenvalue weighted by Crippen LogP contribution is 2.43. The zero-order valence-corrected chi connectivity index (χ0v) is 17.7. The third-order valence-electron chi connectivity index (χ3n) is 5.12. The number of ketones is 2. The largest absolute Gasteiger partial charge is 0.293 e. The quantitative estimate of drug-likeness (QED) is 0.176. The van der Waals surface area contributed by atoms with Gasteiger partial charge in [0, 0.05) is 16.0 Å². The first-order valence-electron chi connectivity index (χ1n) is 10.2. The van der Waals surface area contributed by atoms with Crippen LogP contribution in [0.4, 0.5) is 0 Å². The van der Waals surface area contributed by atoms with Crippen molar-refractivity contribution in [2.24, 2.45) is 5.92 Å². The predicted molar refractivity (Wildman–Crippen MR) is 127 cm³/mol. The first-order valence-corrected chi connectivity index (χ1v) is 11.1. The maximum atomic E-state index is 13.7. The summed E-state index contributed by atoms with van der Waals surface area (Å²) in [5.74, 6) is -1.17. The zero-order chi connectivity index (χ0) is 21.5. The lowest BCUT2D eigenvalue weighted by Crippen LogP contribution is -2.29. The topological polar surface area (TPSA) is 34.1 Å². The van der Waals surface area contributed by atoms with E-state index in [2.05, 4.69) is 0 Å². The van der Waals surface area contributed by atoms with E-state index in [1.807, 2.05) is 97.1 Å². The molecule has 0 amide bonds. The average Bonchev–Trinajstić information content (AvgIpc) is 2.85. The Hall–Kier alpha value is -3.43. The van der Waals surface area contributed by atoms with Crippen LogP contribution in [0.1, 0.15) is 31.5 Å². The highest BCUT2D eigenvalue weighted by Gasteiger charge is 2.37. The maximum absolute atomic E-state index is 13.7. The number of Topliss-reactive ketones (excluding diaryl/α,β-unsaturated/α-hetero) is 2. The third-order valence-corrected chi connectivity index (χ3v) is 6.46. The van der Waals surface area contributed by atoms with Crippen molar-refractivity contribution in [2.75, 3.05) is 0 Å². The fourth-order valence-corrected chi connectivity index (χ4v) is 4.86. The number of carbonyl (C=O) groups excluding carboxylic acids is 2. The summed E-state index contributed by atoms with van der Waals surface area (Å²) >= 11 is 1.55. The molecule has 4 rings (SSSR count). The Balaban J connectivity index is 1.83. The molecular formula is C28H22O2S. The molecule has 31 heavy (non-hydrogen) atoms. The van der Waals surface area contributed by atoms with Gasteiger partial charge in [0.05, 0.1) is 5.25 Å². The maximum Gasteiger partial charge on any atom is 0.175 e. The van der Waals surface area contributed by atoms with E-state index < -0.39 is 5.92 Å². The predicted octanol–water partition coefficient (Wildman–Crippen LogP) is 6.90. The van der Waals surface area contributed by atoms with Crippen LogP contribution in [-0.4, -0.2) is 11.6 Å². The Morgan fingerprint density at radius 2 is 0.903 bits per heavy atom. The van der Waals surface area contributed by atoms with Gasteiger partial charge in [0.2, 0.25) is 0 Å². The minimum absolute atomic E-state index is 0.160. The monoisotopic (exact) mass is 422 g/mol. The van der Waals surface area contributed by atoms with E-state index in [0.717, 1.165) is 10.5 Å². The molecule has 0 spiro atoms. The summed E-state index contributed by atoms with van der Waals surface area (Å²) in [7, 11) is 0. The van der Waals surface area contributed by atoms with Crippen LogP contribution in [0.25, 0.3) is 0 Å². The van der Waals surface area contributed by atoms with Crippen LogP contribution in [-0.2, 0) is 0 Å². The van der Waals surface area contributed by atoms with Crippen molar-refractivity contribution in [1.29, 1.82) is 0 Å². The summed E-state index contributed by atoms with van der Waals surface area (Å²) in [5, 5.41) is -0.357. The highest BCUT2D eigenvalue weighted by atomic mass is 32.2. The Morgan fingerprint density at radius 3 is 1.35 bits per heavy atom. The lowest BCUT2D eigenvalue weighted by atomic mass is 9.84. The number of carbonyl (C=O) groups is 2. The van der Waals surface area contributed by atoms with Crippen LogP contribution in [0, 0.1) is 5.92 Å². The fraction of sp³-hybridized carbons (Fsp3) is 0.0714. The molecule has 0 saturated carbocycles. The zero-order valence-electron chi connectivity index (χ0n) is 16.9. The number of thioether (sulfide) groups is 1. The van der Waals surface area contributed by atoms with E-state index in [0.29, 0.717) is 11.1 Å². The summed E-state index contributed by atoms with van der Waals surface area (Å²) < 4.78 is 0. The molecule has 152 valence electrons. The van der Waals surface area contributed by atoms with Gasteiger partial charge in [-0.1, -0.05) is 109 Å². The van der Waals surface area contributed by atoms with Gasteiger partial charge in [0.1, 0.15) is 5.92 Å². The second kappa shape index (κ2) is 10.1. The molecule has 0 aliphatic carbocycles. The van der Waals surface area contributed by atoms with Crippen molar-refractivity contribution in [3.8, 4) is 0 Å². The van der Waals surface area contributed by atoms with E-state index in [1.165, 1.54) is 0 Å². The summed E-state index contributed by atoms with van der Waals surface area (Å²) in [6.07, 6.45) is 0. The van der Waals surface area contributed by atoms with Gasteiger partial charge in [-0.2, -0.15) is 0 Å². The molecule has 0 aromatic heterocycles. The fourth-order valence-electron chi connectivity index (χ4n) is 3.57. The normalized spacial score (nSPS) is 11.8. The second-order valence-electron chi connectivity index (χ2n) is 7.20. The van der Waals surface area contributed by atoms with Gasteiger partial charge in [-0.25, -0.2) is 0 Å². The first-order chi connectivity index (χ1) is 15.2. The molecule has 0 radical (unpaired) electrons. The van der Waals surface area contributed by atoms with Crippen LogP contribution in [0.3, 0.4) is 0 Å². The SMILES string of the molecule is O=C(c1ccccc1)C(C(=O)c1ccccc1)C(Sc1ccccc1)c1ccccc1. The minimum atomic E-state index is -0.850. The summed E-state index contributed by atoms with van der Waals surface area (Å²) in [5.41, 5.74) is 2.05. The lowest BCUT2D eigenvalue weighted by Gasteiger charge is -2.26. The molecule has 0 bridgehead atoms. The van der Waals surface area contributed by atoms with E-state index in [1.54, 1.807) is 36.0 Å². The minimum Gasteiger partial charge on any atom is -0.293 e. The number of hydrogen-bond donors (Lipinski definition) is 0. The second-order valence-corrected chi connectivity index (χ2v) is 8.42. The van der Waals surface area contributed by atoms with E-state index in [9.17, 15) is 9.59 Å². The van der Waals surface area contributed by atoms with E-state index in [4.69, 9.17) is 0 Å². The number of hydrogen-bond acceptors (Lipinski definition) is 3. The molecule has 0 fully saturated rings. The van der Waals surface area contributed by atoms with Crippen molar-refractivity contribution in [3.05, 3.63) is 138 Å². The number of benzene rings is 4. The van der Waals surface area contributed by atoms with Gasteiger partial charge in [0.15, 0.2) is 11.6 Å². The molecule has 4 aromatic carbocycles. The van der Waals surface area contributed by atoms with Crippen LogP contribution in [0.2, 0.25) is 0 Å². The van der Waals surface area contributed by atoms with Crippen molar-refractivity contribution in [3.63, 3.8) is 0 Å². The van der Waals surface area contributed by atoms with Crippen LogP contribution < -0.4 is 0 Å². The lowest BCUT2D eigenvalue weighted by molar-refractivity contribution is 0.0804. The van der Waals surface area contributed by atoms with Gasteiger partial charge in [-0.15, -0.1) is 11.8 Å². The van der Waals surface area contributed by atoms with Crippen molar-refractivity contribution < 1.29 is 9.59 Å². The summed E-state index contributed by atoms with van der Waals surface area (Å²) in [6.45, 7) is 0. The standard InChI is InChI=1S/C28H22O2S/c29-26(21-13-5-1-6-14-21)25(27(30)22-15-7-2-8-16-22)28(23-17-9-3-10-18-23)31-24-19-11-4-12-20-24/h1-20,25,28H. The Kier molecular flexibility index (Phi) is 6.75. The van der Waals surface area contributed by atoms with Crippen molar-refractivity contribution >= 4 is 23.3 Å². The van der Waals surface area contributed by atoms with Crippen LogP contribution >= 0.6 is 11.8 Å². The molecule has 0 N–H and O–H groups in total. The number of rotatable bonds is 8. The average molecular weight is 423 g/mol. The van der Waals surface area contributed by atoms with Crippen molar-refractivity contribution in [2.45, 2.75) is 10.1 Å². The Morgan fingerprint density at radius 1 is 0.516 bits per heavy atom. The molecule has 0 aliphatic heterocycles. The molecule has 2 nitrogen and oxygen atoms in total. The molecular weight excluding hydrogens is 400 g/mol. The van der Waals surface area contributed by atoms with Crippen molar-refractivity contribution in [1.82, 2.24) is 0 Å². The molecule has 3 heteroatoms. The molecule has 0 heterocycles. The molecule has 1 atom stereocenters. The van der Waals surface area contributed by atoms with Gasteiger partial charge in [-0.3, -0.25) is 9.59 Å². The third kappa shape index (κ3) is 5.01. The smallest absolute Gasteiger partial charge is 0.175 e. The Bertz CT molecular complexity index is 1080. The van der Waals surface area contributed by atoms with Gasteiger partial charge >= 0.3 is 0 Å². The van der Waals surface area contributed by atoms with Gasteiger partial charge < -0.3 is 0 Å². The Labute approximate surface area is 187 Å². The highest BCUT2D eigenvalue weighted by molar-refractivity contribution is 7.99. The van der Waals surface area contributed by atoms with E-state index in [-0.39, 0.29) is 16.8 Å². The van der Waals surface area contributed by atoms with Gasteiger partial charge in [-0.05, 0) is 17.7 Å². The molecule has 0 aliphatic rings. The van der Waals surface area contributed by atoms with Gasteiger partial charge in [0.25, 0.3) is 0 Å². The molecule has 1 unspecified atom stereocenters.